The quantitative estimate of drug-likeness (QED) is 0.219. The van der Waals surface area contributed by atoms with Crippen molar-refractivity contribution in [3.8, 4) is 17.0 Å². The molecular weight excluding hydrogens is 564 g/mol. The van der Waals surface area contributed by atoms with Crippen molar-refractivity contribution in [2.75, 3.05) is 11.2 Å². The van der Waals surface area contributed by atoms with E-state index in [4.69, 9.17) is 4.74 Å². The van der Waals surface area contributed by atoms with Crippen LogP contribution in [0.3, 0.4) is 0 Å². The molecule has 1 unspecified atom stereocenters. The summed E-state index contributed by atoms with van der Waals surface area (Å²) in [6.07, 6.45) is 0.911. The number of thioether (sulfide) groups is 1. The number of aromatic amines is 1. The monoisotopic (exact) mass is 579 g/mol. The Labute approximate surface area is 204 Å². The molecule has 8 nitrogen and oxygen atoms in total. The molecule has 1 amide bonds. The van der Waals surface area contributed by atoms with Gasteiger partial charge in [0.15, 0.2) is 5.75 Å². The van der Waals surface area contributed by atoms with Crippen LogP contribution in [0.4, 0.5) is 5.69 Å². The van der Waals surface area contributed by atoms with Crippen molar-refractivity contribution < 1.29 is 19.0 Å². The summed E-state index contributed by atoms with van der Waals surface area (Å²) in [5.41, 5.74) is 1.56. The van der Waals surface area contributed by atoms with E-state index in [1.807, 2.05) is 0 Å². The van der Waals surface area contributed by atoms with Crippen LogP contribution in [-0.4, -0.2) is 28.2 Å². The number of hydrogen-bond donors (Lipinski definition) is 1. The van der Waals surface area contributed by atoms with E-state index >= 15 is 0 Å². The Bertz CT molecular complexity index is 1330. The maximum atomic E-state index is 13.1. The molecule has 0 saturated heterocycles. The topological polar surface area (TPSA) is 96.2 Å². The number of esters is 1. The molecule has 0 radical (unpaired) electrons. The summed E-state index contributed by atoms with van der Waals surface area (Å²) < 4.78 is 8.24. The predicted molar refractivity (Wildman–Crippen MR) is 127 cm³/mol. The zero-order chi connectivity index (χ0) is 23.2. The van der Waals surface area contributed by atoms with Crippen LogP contribution < -0.4 is 19.9 Å². The van der Waals surface area contributed by atoms with Crippen molar-refractivity contribution in [1.29, 1.82) is 0 Å². The molecule has 1 aromatic heterocycles. The van der Waals surface area contributed by atoms with Crippen LogP contribution >= 0.6 is 43.6 Å². The van der Waals surface area contributed by atoms with Gasteiger partial charge in [0.2, 0.25) is 11.1 Å². The third-order valence-corrected chi connectivity index (χ3v) is 6.47. The first-order chi connectivity index (χ1) is 15.2. The van der Waals surface area contributed by atoms with Gasteiger partial charge in [0.05, 0.1) is 21.3 Å². The number of rotatable bonds is 3. The van der Waals surface area contributed by atoms with Gasteiger partial charge in [-0.1, -0.05) is 39.8 Å². The minimum absolute atomic E-state index is 0.238. The summed E-state index contributed by atoms with van der Waals surface area (Å²) in [4.78, 5) is 42.3. The van der Waals surface area contributed by atoms with E-state index in [0.717, 1.165) is 0 Å². The van der Waals surface area contributed by atoms with Crippen molar-refractivity contribution in [1.82, 2.24) is 10.1 Å². The summed E-state index contributed by atoms with van der Waals surface area (Å²) in [5.74, 6) is -0.547. The molecule has 1 atom stereocenters. The number of amides is 1. The van der Waals surface area contributed by atoms with Gasteiger partial charge < -0.3 is 4.74 Å². The number of aromatic nitrogens is 3. The van der Waals surface area contributed by atoms with E-state index in [1.54, 1.807) is 47.6 Å². The van der Waals surface area contributed by atoms with Crippen LogP contribution in [0.5, 0.6) is 5.75 Å². The lowest BCUT2D eigenvalue weighted by Crippen LogP contribution is -2.60. The molecule has 0 spiro atoms. The molecule has 0 aliphatic carbocycles. The number of ether oxygens (including phenoxy) is 1. The van der Waals surface area contributed by atoms with E-state index in [-0.39, 0.29) is 17.2 Å². The lowest BCUT2D eigenvalue weighted by atomic mass is 10.0. The molecule has 11 heteroatoms. The van der Waals surface area contributed by atoms with Gasteiger partial charge in [-0.05, 0) is 51.1 Å². The van der Waals surface area contributed by atoms with Gasteiger partial charge in [-0.25, -0.2) is 4.90 Å². The second-order valence-corrected chi connectivity index (χ2v) is 9.50. The molecule has 1 N–H and O–H groups in total. The van der Waals surface area contributed by atoms with Crippen molar-refractivity contribution in [2.45, 2.75) is 25.2 Å². The van der Waals surface area contributed by atoms with Gasteiger partial charge >= 0.3 is 17.2 Å². The normalized spacial score (nSPS) is 14.5. The fraction of sp³-hybridized carbons (Fsp3) is 0.190. The molecule has 1 aliphatic rings. The second-order valence-electron chi connectivity index (χ2n) is 6.94. The van der Waals surface area contributed by atoms with Crippen LogP contribution in [0.1, 0.15) is 25.6 Å². The molecule has 2 heterocycles. The highest BCUT2D eigenvalue weighted by Gasteiger charge is 2.46. The number of H-pyrrole nitrogens is 1. The highest BCUT2D eigenvalue weighted by Crippen LogP contribution is 2.43. The summed E-state index contributed by atoms with van der Waals surface area (Å²) in [5, 5.41) is 5.00. The number of para-hydroxylation sites is 1. The van der Waals surface area contributed by atoms with Crippen LogP contribution in [0.25, 0.3) is 11.3 Å². The van der Waals surface area contributed by atoms with E-state index in [1.165, 1.54) is 30.3 Å². The maximum Gasteiger partial charge on any atom is 0.325 e. The Morgan fingerprint density at radius 3 is 2.59 bits per heavy atom. The SMILES string of the molecule is CSc1n[n+]2c(c(=O)[nH]1)-c1ccccc1N(C(C)=O)C2c1cc(Br)cc(Br)c1OC(C)=O. The molecular formula is C21H17Br2N4O4S+. The van der Waals surface area contributed by atoms with Gasteiger partial charge in [-0.15, -0.1) is 0 Å². The second kappa shape index (κ2) is 8.80. The maximum absolute atomic E-state index is 13.1. The first-order valence-corrected chi connectivity index (χ1v) is 12.2. The van der Waals surface area contributed by atoms with Crippen LogP contribution in [0.2, 0.25) is 0 Å². The average Bonchev–Trinajstić information content (AvgIpc) is 2.73. The number of hydrogen-bond acceptors (Lipinski definition) is 6. The number of nitrogens with one attached hydrogen (secondary N) is 1. The summed E-state index contributed by atoms with van der Waals surface area (Å²) in [6.45, 7) is 2.74. The zero-order valence-electron chi connectivity index (χ0n) is 17.2. The van der Waals surface area contributed by atoms with Crippen molar-refractivity contribution in [3.05, 3.63) is 61.3 Å². The van der Waals surface area contributed by atoms with E-state index in [2.05, 4.69) is 41.9 Å². The number of halogens is 2. The Hall–Kier alpha value is -2.50. The molecule has 0 fully saturated rings. The van der Waals surface area contributed by atoms with Crippen LogP contribution in [-0.2, 0) is 9.59 Å². The lowest BCUT2D eigenvalue weighted by molar-refractivity contribution is -0.763. The molecule has 32 heavy (non-hydrogen) atoms. The highest BCUT2D eigenvalue weighted by atomic mass is 79.9. The molecule has 0 saturated carbocycles. The number of carbonyl (C=O) groups is 2. The van der Waals surface area contributed by atoms with Crippen molar-refractivity contribution in [2.24, 2.45) is 0 Å². The average molecular weight is 581 g/mol. The minimum atomic E-state index is -0.881. The predicted octanol–water partition coefficient (Wildman–Crippen LogP) is 3.81. The summed E-state index contributed by atoms with van der Waals surface area (Å²) >= 11 is 8.20. The van der Waals surface area contributed by atoms with Crippen LogP contribution in [0.15, 0.2) is 55.3 Å². The zero-order valence-corrected chi connectivity index (χ0v) is 21.2. The smallest absolute Gasteiger partial charge is 0.325 e. The first kappa shape index (κ1) is 22.7. The van der Waals surface area contributed by atoms with Crippen molar-refractivity contribution in [3.63, 3.8) is 0 Å². The number of fused-ring (bicyclic) bond motifs is 3. The Kier molecular flexibility index (Phi) is 6.24. The highest BCUT2D eigenvalue weighted by molar-refractivity contribution is 9.11. The van der Waals surface area contributed by atoms with E-state index in [9.17, 15) is 14.4 Å². The van der Waals surface area contributed by atoms with Crippen molar-refractivity contribution >= 4 is 61.2 Å². The van der Waals surface area contributed by atoms with Gasteiger partial charge in [0, 0.05) is 23.4 Å². The number of nitrogens with zero attached hydrogens (tertiary/aromatic N) is 3. The fourth-order valence-corrected chi connectivity index (χ4v) is 5.41. The Balaban J connectivity index is 2.14. The Morgan fingerprint density at radius 2 is 1.94 bits per heavy atom. The molecule has 164 valence electrons. The minimum Gasteiger partial charge on any atom is -0.425 e. The fourth-order valence-electron chi connectivity index (χ4n) is 3.71. The van der Waals surface area contributed by atoms with Crippen LogP contribution in [0, 0.1) is 0 Å². The molecule has 4 rings (SSSR count). The standard InChI is InChI=1S/C21H16Br2N4O4S/c1-10(28)26-16-7-5-4-6-13(16)17-19(30)24-21(32-3)25-27(17)20(26)14-8-12(22)9-15(23)18(14)31-11(2)29/h4-9,20H,1-3H3/p+1. The lowest BCUT2D eigenvalue weighted by Gasteiger charge is -2.32. The van der Waals surface area contributed by atoms with E-state index in [0.29, 0.717) is 36.6 Å². The molecule has 1 aliphatic heterocycles. The molecule has 2 aromatic carbocycles. The number of anilines is 1. The largest absolute Gasteiger partial charge is 0.425 e. The first-order valence-electron chi connectivity index (χ1n) is 9.39. The van der Waals surface area contributed by atoms with Gasteiger partial charge in [0.1, 0.15) is 0 Å². The van der Waals surface area contributed by atoms with Gasteiger partial charge in [-0.2, -0.15) is 0 Å². The molecule has 0 bridgehead atoms. The van der Waals surface area contributed by atoms with E-state index < -0.39 is 12.1 Å². The van der Waals surface area contributed by atoms with Gasteiger partial charge in [-0.3, -0.25) is 19.4 Å². The third kappa shape index (κ3) is 3.89. The number of carbonyl (C=O) groups excluding carboxylic acids is 2. The summed E-state index contributed by atoms with van der Waals surface area (Å²) in [6, 6.07) is 10.6. The van der Waals surface area contributed by atoms with Gasteiger partial charge in [0.25, 0.3) is 6.17 Å². The number of benzene rings is 2. The summed E-state index contributed by atoms with van der Waals surface area (Å²) in [7, 11) is 0. The third-order valence-electron chi connectivity index (χ3n) is 4.85. The molecule has 3 aromatic rings. The Morgan fingerprint density at radius 1 is 1.22 bits per heavy atom.